The predicted molar refractivity (Wildman–Crippen MR) is 77.1 cm³/mol. The average molecular weight is 294 g/mol. The summed E-state index contributed by atoms with van der Waals surface area (Å²) in [6.45, 7) is 5.44. The lowest BCUT2D eigenvalue weighted by Crippen LogP contribution is -2.46. The number of carbonyl (C=O) groups excluding carboxylic acids is 1. The number of amides is 1. The molecule has 21 heavy (non-hydrogen) atoms. The van der Waals surface area contributed by atoms with Crippen LogP contribution in [0.2, 0.25) is 0 Å². The van der Waals surface area contributed by atoms with E-state index in [-0.39, 0.29) is 17.5 Å². The number of carbonyl (C=O) groups is 2. The lowest BCUT2D eigenvalue weighted by Gasteiger charge is -2.29. The summed E-state index contributed by atoms with van der Waals surface area (Å²) in [5.74, 6) is 0.00822. The van der Waals surface area contributed by atoms with Gasteiger partial charge in [-0.1, -0.05) is 0 Å². The molecule has 0 aliphatic carbocycles. The Labute approximate surface area is 124 Å². The Balaban J connectivity index is 1.88. The highest BCUT2D eigenvalue weighted by atomic mass is 16.4. The highest BCUT2D eigenvalue weighted by Gasteiger charge is 2.22. The molecule has 1 atom stereocenters. The molecule has 0 spiro atoms. The summed E-state index contributed by atoms with van der Waals surface area (Å²) in [5, 5.41) is 12.1. The number of likely N-dealkylation sites (tertiary alicyclic amines) is 1. The van der Waals surface area contributed by atoms with Crippen LogP contribution in [0.25, 0.3) is 0 Å². The first-order chi connectivity index (χ1) is 9.99. The molecular formula is C15H22N2O4. The maximum Gasteiger partial charge on any atom is 0.339 e. The van der Waals surface area contributed by atoms with Crippen molar-refractivity contribution in [3.05, 3.63) is 23.2 Å². The molecule has 1 fully saturated rings. The largest absolute Gasteiger partial charge is 0.478 e. The molecule has 2 rings (SSSR count). The highest BCUT2D eigenvalue weighted by molar-refractivity contribution is 5.88. The molecule has 1 amide bonds. The van der Waals surface area contributed by atoms with Crippen LogP contribution in [0.1, 0.15) is 48.1 Å². The van der Waals surface area contributed by atoms with Crippen molar-refractivity contribution in [3.8, 4) is 0 Å². The van der Waals surface area contributed by atoms with Gasteiger partial charge in [-0.3, -0.25) is 10.1 Å². The third-order valence-electron chi connectivity index (χ3n) is 3.82. The van der Waals surface area contributed by atoms with Gasteiger partial charge < -0.3 is 14.4 Å². The van der Waals surface area contributed by atoms with Gasteiger partial charge >= 0.3 is 5.97 Å². The molecule has 116 valence electrons. The van der Waals surface area contributed by atoms with E-state index in [0.29, 0.717) is 18.1 Å². The minimum absolute atomic E-state index is 0.0939. The second-order valence-electron chi connectivity index (χ2n) is 5.48. The molecule has 1 saturated heterocycles. The second-order valence-corrected chi connectivity index (χ2v) is 5.48. The molecule has 6 nitrogen and oxygen atoms in total. The van der Waals surface area contributed by atoms with Crippen molar-refractivity contribution in [1.82, 2.24) is 10.2 Å². The van der Waals surface area contributed by atoms with Crippen LogP contribution in [0, 0.1) is 6.92 Å². The molecule has 1 aliphatic heterocycles. The van der Waals surface area contributed by atoms with Crippen molar-refractivity contribution in [3.63, 3.8) is 0 Å². The Morgan fingerprint density at radius 3 is 2.62 bits per heavy atom. The van der Waals surface area contributed by atoms with Crippen molar-refractivity contribution in [2.45, 2.75) is 45.7 Å². The molecule has 1 aliphatic rings. The Kier molecular flexibility index (Phi) is 5.01. The molecule has 0 radical (unpaired) electrons. The van der Waals surface area contributed by atoms with Gasteiger partial charge in [0.1, 0.15) is 17.1 Å². The number of hydrogen-bond acceptors (Lipinski definition) is 4. The molecule has 0 aromatic carbocycles. The normalized spacial score (nSPS) is 16.8. The van der Waals surface area contributed by atoms with Crippen LogP contribution in [0.3, 0.4) is 0 Å². The molecule has 1 aromatic heterocycles. The lowest BCUT2D eigenvalue weighted by atomic mass is 10.1. The Morgan fingerprint density at radius 1 is 1.38 bits per heavy atom. The molecule has 1 unspecified atom stereocenters. The van der Waals surface area contributed by atoms with Gasteiger partial charge in [0.15, 0.2) is 0 Å². The van der Waals surface area contributed by atoms with E-state index in [0.717, 1.165) is 25.9 Å². The van der Waals surface area contributed by atoms with Crippen molar-refractivity contribution in [2.24, 2.45) is 0 Å². The molecule has 2 heterocycles. The van der Waals surface area contributed by atoms with Gasteiger partial charge in [0, 0.05) is 13.1 Å². The summed E-state index contributed by atoms with van der Waals surface area (Å²) in [5.41, 5.74) is 0.168. The zero-order chi connectivity index (χ0) is 15.4. The summed E-state index contributed by atoms with van der Waals surface area (Å²) < 4.78 is 5.38. The number of nitrogens with zero attached hydrogens (tertiary/aromatic N) is 1. The molecular weight excluding hydrogens is 272 g/mol. The zero-order valence-corrected chi connectivity index (χ0v) is 12.5. The maximum absolute atomic E-state index is 12.2. The first-order valence-electron chi connectivity index (χ1n) is 7.34. The van der Waals surface area contributed by atoms with E-state index >= 15 is 0 Å². The van der Waals surface area contributed by atoms with Crippen LogP contribution in [-0.2, 0) is 11.3 Å². The van der Waals surface area contributed by atoms with E-state index < -0.39 is 5.97 Å². The van der Waals surface area contributed by atoms with E-state index in [9.17, 15) is 9.59 Å². The third kappa shape index (κ3) is 3.85. The molecule has 2 N–H and O–H groups in total. The van der Waals surface area contributed by atoms with Crippen molar-refractivity contribution < 1.29 is 19.1 Å². The monoisotopic (exact) mass is 294 g/mol. The fourth-order valence-electron chi connectivity index (χ4n) is 2.57. The summed E-state index contributed by atoms with van der Waals surface area (Å²) in [6.07, 6.45) is 3.32. The summed E-state index contributed by atoms with van der Waals surface area (Å²) >= 11 is 0. The molecule has 6 heteroatoms. The number of nitrogens with one attached hydrogen (secondary N) is 1. The van der Waals surface area contributed by atoms with Crippen LogP contribution < -0.4 is 5.32 Å². The van der Waals surface area contributed by atoms with Gasteiger partial charge in [-0.05, 0) is 39.2 Å². The van der Waals surface area contributed by atoms with Gasteiger partial charge in [-0.2, -0.15) is 0 Å². The van der Waals surface area contributed by atoms with E-state index in [1.54, 1.807) is 6.92 Å². The Bertz CT molecular complexity index is 518. The van der Waals surface area contributed by atoms with E-state index in [1.165, 1.54) is 12.5 Å². The molecule has 0 saturated carbocycles. The zero-order valence-electron chi connectivity index (χ0n) is 12.5. The van der Waals surface area contributed by atoms with E-state index in [4.69, 9.17) is 9.52 Å². The topological polar surface area (TPSA) is 82.8 Å². The van der Waals surface area contributed by atoms with Gasteiger partial charge in [0.25, 0.3) is 0 Å². The van der Waals surface area contributed by atoms with Gasteiger partial charge in [-0.15, -0.1) is 0 Å². The minimum Gasteiger partial charge on any atom is -0.478 e. The van der Waals surface area contributed by atoms with Crippen LogP contribution in [0.5, 0.6) is 0 Å². The van der Waals surface area contributed by atoms with E-state index in [1.807, 2.05) is 11.8 Å². The molecule has 0 bridgehead atoms. The highest BCUT2D eigenvalue weighted by Crippen LogP contribution is 2.15. The quantitative estimate of drug-likeness (QED) is 0.865. The number of hydrogen-bond donors (Lipinski definition) is 2. The van der Waals surface area contributed by atoms with Gasteiger partial charge in [0.2, 0.25) is 5.91 Å². The second kappa shape index (κ2) is 6.76. The molecule has 1 aromatic rings. The number of carboxylic acids is 1. The number of aryl methyl sites for hydroxylation is 1. The maximum atomic E-state index is 12.2. The fourth-order valence-corrected chi connectivity index (χ4v) is 2.57. The number of carboxylic acid groups (broad SMARTS) is 1. The van der Waals surface area contributed by atoms with Crippen LogP contribution in [-0.4, -0.2) is 41.0 Å². The Hall–Kier alpha value is -1.82. The Morgan fingerprint density at radius 2 is 2.05 bits per heavy atom. The SMILES string of the molecule is Cc1oc(CNC(C)C(=O)N2CCCCC2)cc1C(=O)O. The van der Waals surface area contributed by atoms with E-state index in [2.05, 4.69) is 5.32 Å². The van der Waals surface area contributed by atoms with Crippen molar-refractivity contribution in [1.29, 1.82) is 0 Å². The number of aromatic carboxylic acids is 1. The summed E-state index contributed by atoms with van der Waals surface area (Å²) in [7, 11) is 0. The first kappa shape index (κ1) is 15.6. The fraction of sp³-hybridized carbons (Fsp3) is 0.600. The number of rotatable bonds is 5. The predicted octanol–water partition coefficient (Wildman–Crippen LogP) is 1.78. The van der Waals surface area contributed by atoms with Crippen LogP contribution >= 0.6 is 0 Å². The smallest absolute Gasteiger partial charge is 0.339 e. The number of piperidine rings is 1. The minimum atomic E-state index is -1.00. The lowest BCUT2D eigenvalue weighted by molar-refractivity contribution is -0.134. The van der Waals surface area contributed by atoms with Crippen molar-refractivity contribution >= 4 is 11.9 Å². The van der Waals surface area contributed by atoms with Gasteiger partial charge in [0.05, 0.1) is 12.6 Å². The van der Waals surface area contributed by atoms with Crippen LogP contribution in [0.4, 0.5) is 0 Å². The summed E-state index contributed by atoms with van der Waals surface area (Å²) in [4.78, 5) is 25.1. The van der Waals surface area contributed by atoms with Crippen LogP contribution in [0.15, 0.2) is 10.5 Å². The van der Waals surface area contributed by atoms with Gasteiger partial charge in [-0.25, -0.2) is 4.79 Å². The first-order valence-corrected chi connectivity index (χ1v) is 7.34. The number of furan rings is 1. The average Bonchev–Trinajstić information content (AvgIpc) is 2.86. The van der Waals surface area contributed by atoms with Crippen molar-refractivity contribution in [2.75, 3.05) is 13.1 Å². The standard InChI is InChI=1S/C15H22N2O4/c1-10(14(18)17-6-4-3-5-7-17)16-9-12-8-13(15(19)20)11(2)21-12/h8,10,16H,3-7,9H2,1-2H3,(H,19,20). The summed E-state index contributed by atoms with van der Waals surface area (Å²) in [6, 6.07) is 1.20. The third-order valence-corrected chi connectivity index (χ3v) is 3.82.